The van der Waals surface area contributed by atoms with Gasteiger partial charge in [0, 0.05) is 22.2 Å². The van der Waals surface area contributed by atoms with Crippen molar-refractivity contribution in [3.8, 4) is 0 Å². The fraction of sp³-hybridized carbons (Fsp3) is 0.222. The van der Waals surface area contributed by atoms with Gasteiger partial charge in [0.05, 0.1) is 10.8 Å². The number of amides is 1. The molecule has 4 nitrogen and oxygen atoms in total. The molecule has 1 amide bonds. The number of para-hydroxylation sites is 1. The Hall–Kier alpha value is -1.69. The zero-order valence-corrected chi connectivity index (χ0v) is 15.5. The number of nitrogens with zero attached hydrogens (tertiary/aromatic N) is 1. The van der Waals surface area contributed by atoms with Gasteiger partial charge in [0.25, 0.3) is 5.91 Å². The molecule has 0 saturated carbocycles. The lowest BCUT2D eigenvalue weighted by Gasteiger charge is -2.17. The van der Waals surface area contributed by atoms with Crippen LogP contribution < -0.4 is 4.90 Å². The van der Waals surface area contributed by atoms with Crippen molar-refractivity contribution in [2.75, 3.05) is 23.8 Å². The number of fused-ring (bicyclic) bond motifs is 1. The van der Waals surface area contributed by atoms with Crippen LogP contribution in [0.2, 0.25) is 10.0 Å². The molecular weight excluding hydrogens is 381 g/mol. The van der Waals surface area contributed by atoms with Crippen molar-refractivity contribution in [2.24, 2.45) is 0 Å². The molecule has 1 aliphatic heterocycles. The summed E-state index contributed by atoms with van der Waals surface area (Å²) in [5, 5.41) is 1.06. The Kier molecular flexibility index (Phi) is 5.89. The van der Waals surface area contributed by atoms with Gasteiger partial charge in [-0.05, 0) is 36.2 Å². The fourth-order valence-corrected chi connectivity index (χ4v) is 3.87. The van der Waals surface area contributed by atoms with Crippen molar-refractivity contribution in [1.82, 2.24) is 0 Å². The monoisotopic (exact) mass is 395 g/mol. The van der Waals surface area contributed by atoms with E-state index in [2.05, 4.69) is 0 Å². The van der Waals surface area contributed by atoms with E-state index in [1.165, 1.54) is 11.8 Å². The molecule has 0 N–H and O–H groups in total. The van der Waals surface area contributed by atoms with Crippen molar-refractivity contribution in [3.05, 3.63) is 58.1 Å². The molecule has 130 valence electrons. The summed E-state index contributed by atoms with van der Waals surface area (Å²) in [7, 11) is 0. The Balaban J connectivity index is 1.49. The van der Waals surface area contributed by atoms with Crippen molar-refractivity contribution in [3.63, 3.8) is 0 Å². The van der Waals surface area contributed by atoms with Crippen LogP contribution in [0.3, 0.4) is 0 Å². The molecular formula is C18H15Cl2NO3S. The van der Waals surface area contributed by atoms with Crippen LogP contribution in [0.5, 0.6) is 0 Å². The van der Waals surface area contributed by atoms with E-state index in [1.807, 2.05) is 24.3 Å². The molecule has 0 unspecified atom stereocenters. The number of thioether (sulfide) groups is 1. The fourth-order valence-electron chi connectivity index (χ4n) is 2.58. The third-order valence-electron chi connectivity index (χ3n) is 3.78. The molecule has 0 spiro atoms. The average molecular weight is 396 g/mol. The van der Waals surface area contributed by atoms with Crippen LogP contribution in [0.15, 0.2) is 47.4 Å². The molecule has 0 bridgehead atoms. The molecule has 0 radical (unpaired) electrons. The Labute approximate surface area is 160 Å². The van der Waals surface area contributed by atoms with E-state index >= 15 is 0 Å². The number of carbonyl (C=O) groups excluding carboxylic acids is 2. The van der Waals surface area contributed by atoms with Gasteiger partial charge in [-0.2, -0.15) is 0 Å². The quantitative estimate of drug-likeness (QED) is 0.561. The summed E-state index contributed by atoms with van der Waals surface area (Å²) in [5.74, 6) is -0.629. The van der Waals surface area contributed by atoms with E-state index in [0.29, 0.717) is 21.5 Å². The number of ether oxygens (including phenoxy) is 1. The van der Waals surface area contributed by atoms with Crippen molar-refractivity contribution < 1.29 is 14.3 Å². The second kappa shape index (κ2) is 8.13. The third-order valence-corrected chi connectivity index (χ3v) is 5.49. The zero-order valence-electron chi connectivity index (χ0n) is 13.2. The van der Waals surface area contributed by atoms with Crippen LogP contribution in [0, 0.1) is 0 Å². The highest BCUT2D eigenvalue weighted by Gasteiger charge is 2.24. The Morgan fingerprint density at radius 2 is 1.96 bits per heavy atom. The molecule has 25 heavy (non-hydrogen) atoms. The smallest absolute Gasteiger partial charge is 0.316 e. The maximum Gasteiger partial charge on any atom is 0.316 e. The van der Waals surface area contributed by atoms with E-state index in [4.69, 9.17) is 27.9 Å². The van der Waals surface area contributed by atoms with Gasteiger partial charge in [0.1, 0.15) is 0 Å². The number of benzene rings is 2. The van der Waals surface area contributed by atoms with Gasteiger partial charge < -0.3 is 9.64 Å². The number of halogens is 2. The first-order valence-electron chi connectivity index (χ1n) is 7.66. The van der Waals surface area contributed by atoms with Gasteiger partial charge in [-0.1, -0.05) is 41.4 Å². The molecule has 0 aromatic heterocycles. The highest BCUT2D eigenvalue weighted by Crippen LogP contribution is 2.30. The molecule has 0 aliphatic carbocycles. The van der Waals surface area contributed by atoms with E-state index in [0.717, 1.165) is 17.7 Å². The Morgan fingerprint density at radius 1 is 1.16 bits per heavy atom. The van der Waals surface area contributed by atoms with E-state index < -0.39 is 5.97 Å². The maximum absolute atomic E-state index is 12.3. The molecule has 2 aromatic carbocycles. The second-order valence-corrected chi connectivity index (χ2v) is 7.31. The van der Waals surface area contributed by atoms with Crippen molar-refractivity contribution >= 4 is 52.5 Å². The highest BCUT2D eigenvalue weighted by molar-refractivity contribution is 8.00. The molecule has 3 rings (SSSR count). The zero-order chi connectivity index (χ0) is 17.8. The minimum Gasteiger partial charge on any atom is -0.455 e. The summed E-state index contributed by atoms with van der Waals surface area (Å²) in [5.41, 5.74) is 2.02. The largest absolute Gasteiger partial charge is 0.455 e. The Bertz CT molecular complexity index is 813. The lowest BCUT2D eigenvalue weighted by molar-refractivity contribution is -0.145. The first kappa shape index (κ1) is 18.1. The van der Waals surface area contributed by atoms with E-state index in [9.17, 15) is 9.59 Å². The molecule has 0 atom stereocenters. The van der Waals surface area contributed by atoms with Gasteiger partial charge in [-0.3, -0.25) is 9.59 Å². The lowest BCUT2D eigenvalue weighted by Crippen LogP contribution is -2.33. The van der Waals surface area contributed by atoms with Gasteiger partial charge >= 0.3 is 5.97 Å². The number of carbonyl (C=O) groups is 2. The molecule has 1 aliphatic rings. The van der Waals surface area contributed by atoms with Crippen molar-refractivity contribution in [1.29, 1.82) is 0 Å². The topological polar surface area (TPSA) is 46.6 Å². The maximum atomic E-state index is 12.3. The first-order valence-corrected chi connectivity index (χ1v) is 9.40. The molecule has 0 saturated heterocycles. The van der Waals surface area contributed by atoms with Gasteiger partial charge in [0.2, 0.25) is 0 Å². The molecule has 7 heteroatoms. The number of hydrogen-bond donors (Lipinski definition) is 0. The standard InChI is InChI=1S/C18H15Cl2NO3S/c19-13-5-6-14(20)16(9-13)25-11-18(23)24-10-17(22)21-8-7-12-3-1-2-4-15(12)21/h1-6,9H,7-8,10-11H2. The third kappa shape index (κ3) is 4.48. The van der Waals surface area contributed by atoms with Crippen LogP contribution in [-0.4, -0.2) is 30.8 Å². The lowest BCUT2D eigenvalue weighted by atomic mass is 10.2. The minimum absolute atomic E-state index is 0.0595. The normalized spacial score (nSPS) is 12.8. The SMILES string of the molecule is O=C(CSc1cc(Cl)ccc1Cl)OCC(=O)N1CCc2ccccc21. The van der Waals surface area contributed by atoms with Gasteiger partial charge in [0.15, 0.2) is 6.61 Å². The van der Waals surface area contributed by atoms with Crippen LogP contribution in [0.1, 0.15) is 5.56 Å². The van der Waals surface area contributed by atoms with Crippen LogP contribution in [0.25, 0.3) is 0 Å². The summed E-state index contributed by atoms with van der Waals surface area (Å²) in [6, 6.07) is 12.8. The van der Waals surface area contributed by atoms with E-state index in [1.54, 1.807) is 23.1 Å². The predicted molar refractivity (Wildman–Crippen MR) is 101 cm³/mol. The molecule has 2 aromatic rings. The summed E-state index contributed by atoms with van der Waals surface area (Å²) < 4.78 is 5.10. The first-order chi connectivity index (χ1) is 12.0. The van der Waals surface area contributed by atoms with Gasteiger partial charge in [-0.15, -0.1) is 11.8 Å². The predicted octanol–water partition coefficient (Wildman–Crippen LogP) is 4.22. The number of hydrogen-bond acceptors (Lipinski definition) is 4. The highest BCUT2D eigenvalue weighted by atomic mass is 35.5. The van der Waals surface area contributed by atoms with Crippen LogP contribution >= 0.6 is 35.0 Å². The second-order valence-electron chi connectivity index (χ2n) is 5.45. The van der Waals surface area contributed by atoms with E-state index in [-0.39, 0.29) is 18.3 Å². The number of esters is 1. The van der Waals surface area contributed by atoms with Crippen LogP contribution in [0.4, 0.5) is 5.69 Å². The summed E-state index contributed by atoms with van der Waals surface area (Å²) >= 11 is 13.2. The summed E-state index contributed by atoms with van der Waals surface area (Å²) in [4.78, 5) is 26.5. The summed E-state index contributed by atoms with van der Waals surface area (Å²) in [6.45, 7) is 0.347. The molecule has 0 fully saturated rings. The number of anilines is 1. The average Bonchev–Trinajstić information content (AvgIpc) is 3.04. The minimum atomic E-state index is -0.470. The summed E-state index contributed by atoms with van der Waals surface area (Å²) in [6.07, 6.45) is 0.818. The molecule has 1 heterocycles. The van der Waals surface area contributed by atoms with Crippen molar-refractivity contribution in [2.45, 2.75) is 11.3 Å². The van der Waals surface area contributed by atoms with Gasteiger partial charge in [-0.25, -0.2) is 0 Å². The number of rotatable bonds is 5. The Morgan fingerprint density at radius 3 is 2.80 bits per heavy atom. The van der Waals surface area contributed by atoms with Crippen LogP contribution in [-0.2, 0) is 20.7 Å².